The Morgan fingerprint density at radius 2 is 0.320 bits per heavy atom. The summed E-state index contributed by atoms with van der Waals surface area (Å²) < 4.78 is 34.2. The topological polar surface area (TPSA) is 408 Å². The molecule has 0 saturated carbocycles. The van der Waals surface area contributed by atoms with Gasteiger partial charge in [-0.15, -0.1) is 0 Å². The van der Waals surface area contributed by atoms with Gasteiger partial charge in [-0.1, -0.05) is 0 Å². The second-order valence-corrected chi connectivity index (χ2v) is 5.37. The Balaban J connectivity index is -0.0000000183. The van der Waals surface area contributed by atoms with E-state index in [9.17, 15) is 0 Å². The van der Waals surface area contributed by atoms with Crippen molar-refractivity contribution in [2.75, 3.05) is 0 Å². The largest absolute Gasteiger partial charge is 4.00 e. The summed E-state index contributed by atoms with van der Waals surface area (Å²) in [6.45, 7) is 0. The van der Waals surface area contributed by atoms with Gasteiger partial charge in [0, 0.05) is 0 Å². The molecule has 0 aromatic heterocycles. The zero-order valence-electron chi connectivity index (χ0n) is 10.8. The van der Waals surface area contributed by atoms with Crippen LogP contribution in [-0.2, 0) is 83.4 Å². The summed E-state index contributed by atoms with van der Waals surface area (Å²) in [5, 5.41) is 0. The molecule has 0 unspecified atom stereocenters. The molecule has 0 aromatic rings. The number of hydrogen-bond acceptors (Lipinski definition) is 16. The Morgan fingerprint density at radius 3 is 0.320 bits per heavy atom. The molecule has 25 heteroatoms. The summed E-state index contributed by atoms with van der Waals surface area (Å²) in [4.78, 5) is 103. The van der Waals surface area contributed by atoms with Gasteiger partial charge in [0.1, 0.15) is 0 Å². The summed E-state index contributed by atoms with van der Waals surface area (Å²) in [6.07, 6.45) is 0. The third-order valence-electron chi connectivity index (χ3n) is 0. The molecule has 0 rings (SSSR count). The van der Waals surface area contributed by atoms with E-state index >= 15 is 0 Å². The van der Waals surface area contributed by atoms with E-state index in [4.69, 9.17) is 77.0 Å². The predicted molar refractivity (Wildman–Crippen MR) is 37.7 cm³/mol. The Kier molecular flexibility index (Phi) is 55.4. The first-order chi connectivity index (χ1) is 8.00. The number of rotatable bonds is 0. The van der Waals surface area contributed by atoms with Gasteiger partial charge < -0.3 is 87.9 Å². The van der Waals surface area contributed by atoms with Gasteiger partial charge in [0.05, 0.1) is 0 Å². The van der Waals surface area contributed by atoms with Gasteiger partial charge in [-0.05, 0) is 0 Å². The molecule has 0 atom stereocenters. The van der Waals surface area contributed by atoms with Crippen LogP contribution in [0.15, 0.2) is 0 Å². The van der Waals surface area contributed by atoms with Crippen molar-refractivity contribution in [3.8, 4) is 0 Å². The fourth-order valence-corrected chi connectivity index (χ4v) is 0. The maximum absolute atomic E-state index is 8.55. The maximum Gasteiger partial charge on any atom is 4.00 e. The molecule has 0 aliphatic carbocycles. The van der Waals surface area contributed by atoms with Crippen LogP contribution in [0.4, 0.5) is 0 Å². The van der Waals surface area contributed by atoms with Crippen molar-refractivity contribution < 1.29 is 153 Å². The van der Waals surface area contributed by atoms with Crippen LogP contribution in [0, 0.1) is 0 Å². The molecule has 4 N–H and O–H groups in total. The van der Waals surface area contributed by atoms with Gasteiger partial charge in [0.15, 0.2) is 0 Å². The van der Waals surface area contributed by atoms with Crippen LogP contribution in [0.3, 0.4) is 0 Å². The van der Waals surface area contributed by atoms with E-state index in [0.29, 0.717) is 0 Å². The minimum atomic E-state index is -5.39. The minimum absolute atomic E-state index is 0. The second kappa shape index (κ2) is 24.5. The molecule has 0 aromatic carbocycles. The van der Waals surface area contributed by atoms with Crippen molar-refractivity contribution >= 4 is 31.3 Å². The van der Waals surface area contributed by atoms with Crippen LogP contribution < -0.4 is 58.7 Å². The summed E-state index contributed by atoms with van der Waals surface area (Å²) in [5.74, 6) is 0. The molecule has 0 aliphatic rings. The first kappa shape index (κ1) is 56.4. The van der Waals surface area contributed by atoms with E-state index in [2.05, 4.69) is 0 Å². The molecule has 0 spiro atoms. The molecule has 0 fully saturated rings. The van der Waals surface area contributed by atoms with Gasteiger partial charge in [0.25, 0.3) is 0 Å². The Bertz CT molecular complexity index is 293. The van der Waals surface area contributed by atoms with Crippen LogP contribution in [0.5, 0.6) is 0 Å². The molecule has 0 radical (unpaired) electrons. The van der Waals surface area contributed by atoms with Crippen molar-refractivity contribution in [2.45, 2.75) is 0 Å². The normalized spacial score (nSPS) is 9.44. The van der Waals surface area contributed by atoms with Gasteiger partial charge in [-0.25, -0.2) is 0 Å². The molecule has 0 saturated heterocycles. The standard InChI is InChI=1S/4H3O4P.2H2O.3Ti/c4*1-5(2,3)4;;;;;/h4*(H3,1,2,3,4);2*1H2;;;/q;;;;;;3*+4/p-12. The minimum Gasteiger partial charge on any atom is -0.822 e. The maximum atomic E-state index is 8.55. The Labute approximate surface area is 183 Å². The van der Waals surface area contributed by atoms with Crippen LogP contribution in [-0.4, -0.2) is 11.0 Å². The number of phosphoric acid groups is 4. The molecule has 144 valence electrons. The van der Waals surface area contributed by atoms with E-state index in [0.717, 1.165) is 0 Å². The molecule has 0 amide bonds. The summed E-state index contributed by atoms with van der Waals surface area (Å²) in [7, 11) is -21.6. The molecule has 25 heavy (non-hydrogen) atoms. The Morgan fingerprint density at radius 1 is 0.320 bits per heavy atom. The molecule has 0 aliphatic heterocycles. The average molecular weight is 560 g/mol. The zero-order chi connectivity index (χ0) is 18.0. The summed E-state index contributed by atoms with van der Waals surface area (Å²) >= 11 is 0. The van der Waals surface area contributed by atoms with Gasteiger partial charge in [0.2, 0.25) is 0 Å². The van der Waals surface area contributed by atoms with E-state index in [1.54, 1.807) is 0 Å². The smallest absolute Gasteiger partial charge is 0.822 e. The summed E-state index contributed by atoms with van der Waals surface area (Å²) in [5.41, 5.74) is 0. The average Bonchev–Trinajstić information content (AvgIpc) is 1.62. The molecular weight excluding hydrogens is 555 g/mol. The van der Waals surface area contributed by atoms with Crippen molar-refractivity contribution in [3.05, 3.63) is 0 Å². The van der Waals surface area contributed by atoms with Crippen molar-refractivity contribution in [3.63, 3.8) is 0 Å². The fourth-order valence-electron chi connectivity index (χ4n) is 0. The van der Waals surface area contributed by atoms with Crippen molar-refractivity contribution in [2.24, 2.45) is 0 Å². The third kappa shape index (κ3) is 2540. The zero-order valence-corrected chi connectivity index (χ0v) is 19.1. The predicted octanol–water partition coefficient (Wildman–Crippen LogP) is -13.0. The monoisotopic (exact) mass is 560 g/mol. The van der Waals surface area contributed by atoms with Gasteiger partial charge >= 0.3 is 65.2 Å². The molecule has 0 heterocycles. The number of hydrogen-bond donors (Lipinski definition) is 0. The van der Waals surface area contributed by atoms with Crippen LogP contribution in [0.2, 0.25) is 0 Å². The molecule has 0 bridgehead atoms. The summed E-state index contributed by atoms with van der Waals surface area (Å²) in [6, 6.07) is 0. The first-order valence-corrected chi connectivity index (χ1v) is 8.76. The first-order valence-electron chi connectivity index (χ1n) is 2.92. The third-order valence-corrected chi connectivity index (χ3v) is 0. The quantitative estimate of drug-likeness (QED) is 0.196. The van der Waals surface area contributed by atoms with E-state index in [-0.39, 0.29) is 76.1 Å². The van der Waals surface area contributed by atoms with E-state index < -0.39 is 31.3 Å². The Hall–Kier alpha value is 2.50. The second-order valence-electron chi connectivity index (χ2n) is 1.79. The molecular formula is H4O18P4Ti3. The van der Waals surface area contributed by atoms with E-state index in [1.807, 2.05) is 0 Å². The SMILES string of the molecule is O.O.O=P([O-])([O-])[O-].O=P([O-])([O-])[O-].O=P([O-])([O-])[O-].O=P([O-])([O-])[O-].[Ti+4].[Ti+4].[Ti+4]. The van der Waals surface area contributed by atoms with Crippen LogP contribution >= 0.6 is 31.3 Å². The molecule has 18 nitrogen and oxygen atoms in total. The van der Waals surface area contributed by atoms with Gasteiger partial charge in [-0.3, -0.25) is 0 Å². The van der Waals surface area contributed by atoms with Crippen LogP contribution in [0.1, 0.15) is 0 Å². The fraction of sp³-hybridized carbons (Fsp3) is 0. The van der Waals surface area contributed by atoms with E-state index in [1.165, 1.54) is 0 Å². The van der Waals surface area contributed by atoms with Crippen LogP contribution in [0.25, 0.3) is 0 Å². The van der Waals surface area contributed by atoms with Crippen molar-refractivity contribution in [1.29, 1.82) is 0 Å². The van der Waals surface area contributed by atoms with Crippen molar-refractivity contribution in [1.82, 2.24) is 0 Å². The van der Waals surface area contributed by atoms with Gasteiger partial charge in [-0.2, -0.15) is 31.3 Å².